The van der Waals surface area contributed by atoms with Crippen molar-refractivity contribution in [3.05, 3.63) is 59.0 Å². The molecule has 0 heteroatoms. The fourth-order valence-corrected chi connectivity index (χ4v) is 3.29. The summed E-state index contributed by atoms with van der Waals surface area (Å²) in [4.78, 5) is 0. The molecule has 0 saturated heterocycles. The lowest BCUT2D eigenvalue weighted by molar-refractivity contribution is 1.06. The summed E-state index contributed by atoms with van der Waals surface area (Å²) < 4.78 is 0. The molecule has 0 N–H and O–H groups in total. The minimum Gasteiger partial charge on any atom is -0.0984 e. The van der Waals surface area contributed by atoms with E-state index in [2.05, 4.69) is 49.6 Å². The first-order valence-corrected chi connectivity index (χ1v) is 6.86. The summed E-state index contributed by atoms with van der Waals surface area (Å²) in [5, 5.41) is 5.44. The van der Waals surface area contributed by atoms with E-state index in [-0.39, 0.29) is 0 Å². The van der Waals surface area contributed by atoms with Crippen LogP contribution < -0.4 is 10.4 Å². The molecule has 19 heavy (non-hydrogen) atoms. The molecule has 1 saturated carbocycles. The van der Waals surface area contributed by atoms with Crippen molar-refractivity contribution in [2.75, 3.05) is 0 Å². The van der Waals surface area contributed by atoms with Crippen LogP contribution >= 0.6 is 0 Å². The first-order valence-electron chi connectivity index (χ1n) is 6.86. The molecule has 0 amide bonds. The molecule has 0 radical (unpaired) electrons. The summed E-state index contributed by atoms with van der Waals surface area (Å²) in [5.41, 5.74) is 2.35. The Morgan fingerprint density at radius 3 is 2.47 bits per heavy atom. The smallest absolute Gasteiger partial charge is 0.00993 e. The van der Waals surface area contributed by atoms with E-state index >= 15 is 0 Å². The van der Waals surface area contributed by atoms with Gasteiger partial charge in [-0.1, -0.05) is 61.7 Å². The highest BCUT2D eigenvalue weighted by Gasteiger charge is 2.34. The molecule has 0 spiro atoms. The quantitative estimate of drug-likeness (QED) is 0.760. The average molecular weight is 244 g/mol. The van der Waals surface area contributed by atoms with E-state index in [1.165, 1.54) is 33.2 Å². The summed E-state index contributed by atoms with van der Waals surface area (Å²) in [6.45, 7) is 7.85. The van der Waals surface area contributed by atoms with E-state index in [1.54, 1.807) is 0 Å². The number of fused-ring (bicyclic) bond motifs is 4. The van der Waals surface area contributed by atoms with E-state index in [1.807, 2.05) is 12.2 Å². The van der Waals surface area contributed by atoms with Gasteiger partial charge >= 0.3 is 0 Å². The molecule has 2 aliphatic carbocycles. The first kappa shape index (κ1) is 10.8. The van der Waals surface area contributed by atoms with Crippen molar-refractivity contribution in [2.45, 2.75) is 6.42 Å². The summed E-state index contributed by atoms with van der Waals surface area (Å²) in [6, 6.07) is 8.86. The summed E-state index contributed by atoms with van der Waals surface area (Å²) >= 11 is 0. The van der Waals surface area contributed by atoms with Crippen LogP contribution in [0.5, 0.6) is 0 Å². The Hall–Kier alpha value is -2.08. The molecular formula is C19H16. The Balaban J connectivity index is 2.18. The maximum absolute atomic E-state index is 3.96. The van der Waals surface area contributed by atoms with Gasteiger partial charge in [0.15, 0.2) is 0 Å². The lowest BCUT2D eigenvalue weighted by Crippen LogP contribution is -2.28. The molecule has 2 unspecified atom stereocenters. The minimum absolute atomic E-state index is 0.782. The van der Waals surface area contributed by atoms with E-state index < -0.39 is 0 Å². The second kappa shape index (κ2) is 3.71. The third kappa shape index (κ3) is 1.46. The zero-order chi connectivity index (χ0) is 13.0. The second-order valence-electron chi connectivity index (χ2n) is 5.54. The molecule has 0 heterocycles. The molecule has 0 aliphatic heterocycles. The molecule has 2 aromatic rings. The van der Waals surface area contributed by atoms with Crippen molar-refractivity contribution in [1.82, 2.24) is 0 Å². The molecule has 4 rings (SSSR count). The van der Waals surface area contributed by atoms with Gasteiger partial charge in [-0.2, -0.15) is 0 Å². The van der Waals surface area contributed by atoms with Gasteiger partial charge in [-0.15, -0.1) is 0 Å². The van der Waals surface area contributed by atoms with Crippen LogP contribution in [0.1, 0.15) is 17.5 Å². The van der Waals surface area contributed by atoms with Gasteiger partial charge in [0.2, 0.25) is 0 Å². The van der Waals surface area contributed by atoms with Crippen molar-refractivity contribution < 1.29 is 0 Å². The Bertz CT molecular complexity index is 836. The van der Waals surface area contributed by atoms with Crippen LogP contribution in [0.4, 0.5) is 0 Å². The van der Waals surface area contributed by atoms with Gasteiger partial charge in [0, 0.05) is 0 Å². The topological polar surface area (TPSA) is 0 Å². The van der Waals surface area contributed by atoms with E-state index in [0.717, 1.165) is 17.4 Å². The summed E-state index contributed by atoms with van der Waals surface area (Å²) in [5.74, 6) is 1.58. The molecule has 2 aromatic carbocycles. The molecule has 0 aromatic heterocycles. The molecule has 1 fully saturated rings. The Kier molecular flexibility index (Phi) is 2.11. The highest BCUT2D eigenvalue weighted by molar-refractivity contribution is 5.94. The third-order valence-corrected chi connectivity index (χ3v) is 4.44. The van der Waals surface area contributed by atoms with Gasteiger partial charge in [-0.05, 0) is 50.6 Å². The Morgan fingerprint density at radius 1 is 0.895 bits per heavy atom. The highest BCUT2D eigenvalue weighted by atomic mass is 14.4. The monoisotopic (exact) mass is 244 g/mol. The molecular weight excluding hydrogens is 228 g/mol. The van der Waals surface area contributed by atoms with Gasteiger partial charge in [0.1, 0.15) is 0 Å². The van der Waals surface area contributed by atoms with Crippen LogP contribution in [0.25, 0.3) is 35.1 Å². The lowest BCUT2D eigenvalue weighted by Gasteiger charge is -2.09. The Labute approximate surface area is 113 Å². The van der Waals surface area contributed by atoms with Crippen LogP contribution in [0, 0.1) is 11.8 Å². The van der Waals surface area contributed by atoms with Crippen molar-refractivity contribution in [1.29, 1.82) is 0 Å². The predicted molar refractivity (Wildman–Crippen MR) is 83.9 cm³/mol. The SMILES string of the molecule is C=Cc1ccc2c3c(ccc2c1C=C)=CC1CC1C=3. The van der Waals surface area contributed by atoms with Crippen molar-refractivity contribution in [3.63, 3.8) is 0 Å². The fourth-order valence-electron chi connectivity index (χ4n) is 3.29. The molecule has 92 valence electrons. The maximum atomic E-state index is 3.96. The normalized spacial score (nSPS) is 22.7. The molecule has 0 nitrogen and oxygen atoms in total. The van der Waals surface area contributed by atoms with Crippen LogP contribution in [-0.2, 0) is 0 Å². The number of rotatable bonds is 2. The standard InChI is InChI=1S/C19H16/c1-3-12-5-7-18-17(16(12)4-2)8-6-13-9-14-10-15(14)11-19(13)18/h3-9,11,14-15H,1-2,10H2. The first-order chi connectivity index (χ1) is 9.31. The molecule has 2 atom stereocenters. The van der Waals surface area contributed by atoms with Gasteiger partial charge in [-0.25, -0.2) is 0 Å². The van der Waals surface area contributed by atoms with Crippen molar-refractivity contribution >= 4 is 35.1 Å². The zero-order valence-corrected chi connectivity index (χ0v) is 10.9. The molecule has 2 aliphatic rings. The summed E-state index contributed by atoms with van der Waals surface area (Å²) in [6.07, 6.45) is 10.1. The zero-order valence-electron chi connectivity index (χ0n) is 10.9. The fraction of sp³-hybridized carbons (Fsp3) is 0.158. The minimum atomic E-state index is 0.782. The van der Waals surface area contributed by atoms with Gasteiger partial charge < -0.3 is 0 Å². The van der Waals surface area contributed by atoms with E-state index in [9.17, 15) is 0 Å². The van der Waals surface area contributed by atoms with Gasteiger partial charge in [0.05, 0.1) is 0 Å². The predicted octanol–water partition coefficient (Wildman–Crippen LogP) is 3.34. The number of hydrogen-bond donors (Lipinski definition) is 0. The Morgan fingerprint density at radius 2 is 1.68 bits per heavy atom. The second-order valence-corrected chi connectivity index (χ2v) is 5.54. The van der Waals surface area contributed by atoms with Crippen LogP contribution in [0.15, 0.2) is 37.4 Å². The number of hydrogen-bond acceptors (Lipinski definition) is 0. The number of benzene rings is 2. The maximum Gasteiger partial charge on any atom is -0.00993 e. The molecule has 0 bridgehead atoms. The average Bonchev–Trinajstić information content (AvgIpc) is 3.21. The van der Waals surface area contributed by atoms with Crippen LogP contribution in [0.3, 0.4) is 0 Å². The summed E-state index contributed by atoms with van der Waals surface area (Å²) in [7, 11) is 0. The third-order valence-electron chi connectivity index (χ3n) is 4.44. The highest BCUT2D eigenvalue weighted by Crippen LogP contribution is 2.42. The van der Waals surface area contributed by atoms with Gasteiger partial charge in [0.25, 0.3) is 0 Å². The van der Waals surface area contributed by atoms with Crippen molar-refractivity contribution in [3.8, 4) is 0 Å². The van der Waals surface area contributed by atoms with E-state index in [0.29, 0.717) is 0 Å². The van der Waals surface area contributed by atoms with Crippen LogP contribution in [-0.4, -0.2) is 0 Å². The van der Waals surface area contributed by atoms with Gasteiger partial charge in [-0.3, -0.25) is 0 Å². The van der Waals surface area contributed by atoms with Crippen molar-refractivity contribution in [2.24, 2.45) is 11.8 Å². The lowest BCUT2D eigenvalue weighted by atomic mass is 9.95. The van der Waals surface area contributed by atoms with Crippen LogP contribution in [0.2, 0.25) is 0 Å². The largest absolute Gasteiger partial charge is 0.0984 e. The van der Waals surface area contributed by atoms with E-state index in [4.69, 9.17) is 0 Å².